The zero-order chi connectivity index (χ0) is 65.4. The van der Waals surface area contributed by atoms with Gasteiger partial charge in [-0.25, -0.2) is 0 Å². The zero-order valence-corrected chi connectivity index (χ0v) is 56.5. The Hall–Kier alpha value is -11.4. The van der Waals surface area contributed by atoms with Crippen molar-refractivity contribution in [1.82, 2.24) is 14.1 Å². The van der Waals surface area contributed by atoms with Crippen LogP contribution in [-0.4, -0.2) is 14.1 Å². The number of hydrogen-bond donors (Lipinski definition) is 0. The molecule has 0 N–H and O–H groups in total. The Morgan fingerprint density at radius 3 is 1.38 bits per heavy atom. The average molecular weight is 1430 g/mol. The van der Waals surface area contributed by atoms with Crippen molar-refractivity contribution in [3.63, 3.8) is 0 Å². The van der Waals surface area contributed by atoms with E-state index in [1.165, 1.54) is 5.56 Å². The molecule has 0 aliphatic carbocycles. The maximum absolute atomic E-state index is 7.35. The normalized spacial score (nSPS) is 12.8. The van der Waals surface area contributed by atoms with Gasteiger partial charge in [0.1, 0.15) is 0 Å². The van der Waals surface area contributed by atoms with Gasteiger partial charge in [-0.2, -0.15) is 0 Å². The van der Waals surface area contributed by atoms with Crippen LogP contribution in [0.2, 0.25) is 0 Å². The molecule has 0 radical (unpaired) electrons. The summed E-state index contributed by atoms with van der Waals surface area (Å²) in [5.74, 6) is 2.20. The Labute approximate surface area is 577 Å². The van der Waals surface area contributed by atoms with Crippen LogP contribution in [0.1, 0.15) is 54.2 Å². The molecule has 7 heteroatoms. The number of rotatable bonds is 11. The number of nitrogens with zero attached hydrogens (tertiary/aromatic N) is 5. The first kappa shape index (κ1) is 59.3. The van der Waals surface area contributed by atoms with Gasteiger partial charge in [0, 0.05) is 17.4 Å². The third-order valence-electron chi connectivity index (χ3n) is 19.5. The molecule has 4 heterocycles. The maximum atomic E-state index is 7.35. The minimum absolute atomic E-state index is 0.0322. The van der Waals surface area contributed by atoms with E-state index in [0.717, 1.165) is 144 Å². The molecule has 0 bridgehead atoms. The average Bonchev–Trinajstić information content (AvgIpc) is 1.25. The van der Waals surface area contributed by atoms with E-state index in [9.17, 15) is 0 Å². The molecule has 2 aliphatic rings. The summed E-state index contributed by atoms with van der Waals surface area (Å²) >= 11 is 2.53. The number of fused-ring (bicyclic) bond motifs is 9. The van der Waals surface area contributed by atoms with Gasteiger partial charge in [0.05, 0.1) is 11.4 Å². The van der Waals surface area contributed by atoms with E-state index in [4.69, 9.17) is 9.72 Å². The predicted octanol–water partition coefficient (Wildman–Crippen LogP) is 23.6. The minimum Gasteiger partial charge on any atom is -0.0579 e. The van der Waals surface area contributed by atoms with E-state index in [1.54, 1.807) is 0 Å². The van der Waals surface area contributed by atoms with Crippen molar-refractivity contribution in [1.29, 1.82) is 0 Å². The Kier molecular flexibility index (Phi) is 14.7. The van der Waals surface area contributed by atoms with Crippen LogP contribution in [0.25, 0.3) is 78.0 Å². The topological polar surface area (TPSA) is 38.5 Å². The van der Waals surface area contributed by atoms with Gasteiger partial charge in [-0.15, -0.1) is 0 Å². The summed E-state index contributed by atoms with van der Waals surface area (Å²) in [5, 5.41) is 0. The number of aromatic nitrogens is 3. The first-order chi connectivity index (χ1) is 47.6. The van der Waals surface area contributed by atoms with Gasteiger partial charge < -0.3 is 4.90 Å². The van der Waals surface area contributed by atoms with Crippen molar-refractivity contribution in [2.75, 3.05) is 9.80 Å². The summed E-state index contributed by atoms with van der Waals surface area (Å²) in [4.78, 5) is 10.4. The van der Waals surface area contributed by atoms with Crippen LogP contribution >= 0.6 is 0 Å². The first-order valence-electron chi connectivity index (χ1n) is 33.2. The van der Waals surface area contributed by atoms with Gasteiger partial charge in [-0.05, 0) is 75.5 Å². The fraction of sp³-hybridized carbons (Fsp3) is 0.0667. The van der Waals surface area contributed by atoms with Crippen LogP contribution in [0.15, 0.2) is 334 Å². The smallest absolute Gasteiger partial charge is 0.0579 e. The van der Waals surface area contributed by atoms with E-state index in [0.29, 0.717) is 11.5 Å². The number of benzene rings is 13. The summed E-state index contributed by atoms with van der Waals surface area (Å²) in [5.41, 5.74) is 27.0. The zero-order valence-electron chi connectivity index (χ0n) is 54.2. The number of anilines is 6. The number of imidazole rings is 1. The van der Waals surface area contributed by atoms with Gasteiger partial charge in [0.25, 0.3) is 0 Å². The third-order valence-corrected chi connectivity index (χ3v) is 20.5. The van der Waals surface area contributed by atoms with Crippen molar-refractivity contribution in [3.8, 4) is 78.5 Å². The second-order valence-corrected chi connectivity index (χ2v) is 27.3. The Bertz CT molecular complexity index is 5420. The summed E-state index contributed by atoms with van der Waals surface area (Å²) in [6.07, 6.45) is 2.06. The van der Waals surface area contributed by atoms with E-state index < -0.39 is 5.41 Å². The molecule has 15 aromatic rings. The molecule has 2 aromatic heterocycles. The molecule has 0 saturated heterocycles. The van der Waals surface area contributed by atoms with Crippen LogP contribution in [0.3, 0.4) is 0 Å². The Balaban J connectivity index is 0.873. The second kappa shape index (κ2) is 24.1. The van der Waals surface area contributed by atoms with E-state index in [-0.39, 0.29) is 5.41 Å². The third kappa shape index (κ3) is 10.1. The predicted molar refractivity (Wildman–Crippen MR) is 396 cm³/mol. The van der Waals surface area contributed by atoms with Crippen LogP contribution in [0.4, 0.5) is 34.3 Å². The standard InChI is InChI=1S/C90H67N5O.Pt/c1-61-54-87(91-59-76(61)66-44-48-69(49-45-66)89(2,3)4)95-81-41-21-20-40-77(81)90(78-51-46-67(62-26-10-5-11-27-62)55-84(78)94(70-34-18-9-19-35-70)85-56-68(47-52-79(85)90)63-28-12-6-13-29-63)80-53-50-73(58-86(80)95)96-72-37-24-36-71(57-72)92-60-93(83-43-23-22-42-82(83)92)88-74(64-30-14-7-15-31-64)38-25-39-75(88)65-32-16-8-17-33-65;/h5-59H,1-4H3;. The molecular weight excluding hydrogens is 1360 g/mol. The first-order valence-corrected chi connectivity index (χ1v) is 34.3. The van der Waals surface area contributed by atoms with E-state index >= 15 is 0 Å². The van der Waals surface area contributed by atoms with Gasteiger partial charge in [0.2, 0.25) is 0 Å². The number of para-hydroxylation sites is 5. The summed E-state index contributed by atoms with van der Waals surface area (Å²) in [6.45, 7) is 9.00. The molecule has 13 aromatic carbocycles. The molecule has 97 heavy (non-hydrogen) atoms. The SMILES string of the molecule is Cc1cc(N2c3ccccc3C3(c4ccc(-c5ccccc5)cc4N(c4ccccc4)c4cc(-c5ccccc5)ccc43)c3ccc(Oc4cccc(-n5[c](=[Pt])n(-c6c(-c7ccccc7)cccc6-c6ccccc6)c6ccccc65)c4)cc32)ncc1-c1ccc(C(C)(C)C)cc1. The van der Waals surface area contributed by atoms with Crippen molar-refractivity contribution >= 4 is 45.3 Å². The molecule has 0 fully saturated rings. The van der Waals surface area contributed by atoms with E-state index in [1.807, 2.05) is 0 Å². The fourth-order valence-electron chi connectivity index (χ4n) is 15.0. The summed E-state index contributed by atoms with van der Waals surface area (Å²) in [6, 6.07) is 119. The van der Waals surface area contributed by atoms with Crippen LogP contribution < -0.4 is 14.5 Å². The quantitative estimate of drug-likeness (QED) is 0.129. The molecule has 0 saturated carbocycles. The molecule has 2 aliphatic heterocycles. The van der Waals surface area contributed by atoms with Crippen molar-refractivity contribution in [2.45, 2.75) is 38.5 Å². The number of ether oxygens (including phenoxy) is 1. The van der Waals surface area contributed by atoms with Crippen LogP contribution in [-0.2, 0) is 30.2 Å². The minimum atomic E-state index is -0.869. The molecule has 0 atom stereocenters. The molecule has 17 rings (SSSR count). The number of pyridine rings is 1. The summed E-state index contributed by atoms with van der Waals surface area (Å²) in [7, 11) is 0. The molecule has 1 spiro atoms. The van der Waals surface area contributed by atoms with Crippen LogP contribution in [0, 0.1) is 10.7 Å². The number of aryl methyl sites for hydroxylation is 1. The Morgan fingerprint density at radius 2 is 0.804 bits per heavy atom. The van der Waals surface area contributed by atoms with E-state index in [2.05, 4.69) is 400 Å². The number of hydrogen-bond acceptors (Lipinski definition) is 4. The molecule has 0 unspecified atom stereocenters. The van der Waals surface area contributed by atoms with Crippen molar-refractivity contribution in [2.24, 2.45) is 0 Å². The van der Waals surface area contributed by atoms with Crippen LogP contribution in [0.5, 0.6) is 11.5 Å². The second-order valence-electron chi connectivity index (χ2n) is 26.3. The monoisotopic (exact) mass is 1430 g/mol. The van der Waals surface area contributed by atoms with Crippen molar-refractivity contribution < 1.29 is 24.1 Å². The van der Waals surface area contributed by atoms with Gasteiger partial charge in [-0.1, -0.05) is 166 Å². The fourth-order valence-corrected chi connectivity index (χ4v) is 16.1. The molecular formula is C90H67N5OPt. The van der Waals surface area contributed by atoms with Crippen molar-refractivity contribution in [3.05, 3.63) is 371 Å². The molecule has 468 valence electrons. The molecule has 6 nitrogen and oxygen atoms in total. The van der Waals surface area contributed by atoms with Gasteiger partial charge >= 0.3 is 306 Å². The molecule has 0 amide bonds. The van der Waals surface area contributed by atoms with Gasteiger partial charge in [0.15, 0.2) is 0 Å². The summed E-state index contributed by atoms with van der Waals surface area (Å²) < 4.78 is 13.2. The van der Waals surface area contributed by atoms with Gasteiger partial charge in [-0.3, -0.25) is 0 Å². The Morgan fingerprint density at radius 1 is 0.351 bits per heavy atom.